The van der Waals surface area contributed by atoms with Crippen molar-refractivity contribution in [3.8, 4) is 34.9 Å². The van der Waals surface area contributed by atoms with Gasteiger partial charge in [-0.3, -0.25) is 4.90 Å². The normalized spacial score (nSPS) is 25.4. The summed E-state index contributed by atoms with van der Waals surface area (Å²) in [6.07, 6.45) is -3.14. The molecule has 45 heavy (non-hydrogen) atoms. The van der Waals surface area contributed by atoms with Crippen molar-refractivity contribution in [3.05, 3.63) is 34.2 Å². The highest BCUT2D eigenvalue weighted by Crippen LogP contribution is 2.46. The summed E-state index contributed by atoms with van der Waals surface area (Å²) in [5.41, 5.74) is -5.16. The highest BCUT2D eigenvalue weighted by Gasteiger charge is 2.49. The number of nitrogens with zero attached hydrogens (tertiary/aromatic N) is 5. The third kappa shape index (κ3) is 5.84. The monoisotopic (exact) mass is 651 g/mol. The van der Waals surface area contributed by atoms with E-state index >= 15 is 4.39 Å². The van der Waals surface area contributed by atoms with Crippen LogP contribution in [0.3, 0.4) is 0 Å². The topological polar surface area (TPSA) is 94.8 Å². The quantitative estimate of drug-likeness (QED) is 0.261. The lowest BCUT2D eigenvalue weighted by Crippen LogP contribution is -2.46. The van der Waals surface area contributed by atoms with E-state index in [1.165, 1.54) is 6.92 Å². The first kappa shape index (κ1) is 31.5. The molecule has 1 aromatic carbocycles. The number of pyridine rings is 1. The van der Waals surface area contributed by atoms with E-state index < -0.39 is 62.4 Å². The maximum atomic E-state index is 16.6. The number of β-amino-alcohol motifs (C(OH)–C–C–N with tert-alkyl or cyclic N) is 1. The maximum absolute atomic E-state index is 16.6. The number of fused-ring (bicyclic) bond motifs is 2. The Morgan fingerprint density at radius 1 is 1.16 bits per heavy atom. The fourth-order valence-corrected chi connectivity index (χ4v) is 7.25. The van der Waals surface area contributed by atoms with Crippen molar-refractivity contribution in [2.45, 2.75) is 69.4 Å². The minimum atomic E-state index is -5.02. The van der Waals surface area contributed by atoms with Gasteiger partial charge >= 0.3 is 12.2 Å². The highest BCUT2D eigenvalue weighted by molar-refractivity contribution is 6.32. The highest BCUT2D eigenvalue weighted by atomic mass is 35.5. The molecule has 0 spiro atoms. The number of phenols is 1. The summed E-state index contributed by atoms with van der Waals surface area (Å²) in [6, 6.07) is 1.19. The number of aliphatic hydroxyl groups is 1. The van der Waals surface area contributed by atoms with Crippen LogP contribution in [0, 0.1) is 17.7 Å². The number of benzene rings is 1. The molecular formula is C31H31ClF5N5O3. The van der Waals surface area contributed by atoms with Crippen molar-refractivity contribution in [2.75, 3.05) is 37.7 Å². The van der Waals surface area contributed by atoms with Crippen molar-refractivity contribution >= 4 is 28.3 Å². The number of hydrogen-bond donors (Lipinski definition) is 2. The smallest absolute Gasteiger partial charge is 0.418 e. The summed E-state index contributed by atoms with van der Waals surface area (Å²) in [5.74, 6) is 3.69. The molecule has 8 nitrogen and oxygen atoms in total. The number of alkyl halides is 4. The van der Waals surface area contributed by atoms with Crippen LogP contribution in [0.25, 0.3) is 22.2 Å². The number of aromatic hydroxyl groups is 1. The SMILES string of the molecule is CC#Cc1nc(-c2cc(O)cc(Cl)c2C(F)(F)F)c(F)c2nc(OC[C@@]34CCCN3C[C@H](F)C4)nc(N3CCC[C@@](C)(O)C3)c12. The van der Waals surface area contributed by atoms with Crippen LogP contribution in [0.1, 0.15) is 57.2 Å². The van der Waals surface area contributed by atoms with E-state index in [1.807, 2.05) is 4.90 Å². The summed E-state index contributed by atoms with van der Waals surface area (Å²) < 4.78 is 79.7. The number of anilines is 1. The number of aromatic nitrogens is 3. The van der Waals surface area contributed by atoms with Crippen LogP contribution in [0.2, 0.25) is 5.02 Å². The molecule has 6 rings (SSSR count). The Labute approximate surface area is 261 Å². The standard InChI is InChI=1S/C31H31ClF5N5O3/c1-3-6-21-22-26(24(34)25(38-21)19-11-18(43)12-20(32)23(19)31(35,36)37)39-28(40-27(22)41-9-4-7-29(2,44)15-41)45-16-30-8-5-10-42(30)14-17(33)13-30/h11-12,17,43-44H,4-5,7-10,13-16H2,1-2H3/t17-,29-,30+/m1/s1. The van der Waals surface area contributed by atoms with Gasteiger partial charge in [0.1, 0.15) is 41.3 Å². The van der Waals surface area contributed by atoms with Crippen molar-refractivity contribution in [3.63, 3.8) is 0 Å². The van der Waals surface area contributed by atoms with Crippen LogP contribution in [0.4, 0.5) is 27.8 Å². The number of phenolic OH excluding ortho intramolecular Hbond substituents is 1. The zero-order chi connectivity index (χ0) is 32.3. The Kier molecular flexibility index (Phi) is 7.98. The zero-order valence-corrected chi connectivity index (χ0v) is 25.4. The van der Waals surface area contributed by atoms with Gasteiger partial charge in [-0.05, 0) is 64.1 Å². The van der Waals surface area contributed by atoms with Gasteiger partial charge in [-0.25, -0.2) is 13.8 Å². The van der Waals surface area contributed by atoms with E-state index in [9.17, 15) is 27.8 Å². The van der Waals surface area contributed by atoms with Gasteiger partial charge in [0, 0.05) is 31.6 Å². The Balaban J connectivity index is 1.57. The predicted octanol–water partition coefficient (Wildman–Crippen LogP) is 5.89. The van der Waals surface area contributed by atoms with Crippen molar-refractivity contribution < 1.29 is 36.9 Å². The van der Waals surface area contributed by atoms with Gasteiger partial charge < -0.3 is 19.8 Å². The van der Waals surface area contributed by atoms with Crippen LogP contribution in [0.15, 0.2) is 12.1 Å². The van der Waals surface area contributed by atoms with Crippen LogP contribution in [0.5, 0.6) is 11.8 Å². The van der Waals surface area contributed by atoms with Gasteiger partial charge in [-0.1, -0.05) is 17.5 Å². The molecule has 3 saturated heterocycles. The van der Waals surface area contributed by atoms with Crippen LogP contribution < -0.4 is 9.64 Å². The molecule has 240 valence electrons. The molecular weight excluding hydrogens is 621 g/mol. The minimum absolute atomic E-state index is 0.0254. The van der Waals surface area contributed by atoms with Gasteiger partial charge in [-0.2, -0.15) is 23.1 Å². The Bertz CT molecular complexity index is 1730. The molecule has 0 amide bonds. The molecule has 0 aliphatic carbocycles. The van der Waals surface area contributed by atoms with Crippen molar-refractivity contribution in [1.82, 2.24) is 19.9 Å². The molecule has 5 heterocycles. The first-order valence-electron chi connectivity index (χ1n) is 14.6. The minimum Gasteiger partial charge on any atom is -0.508 e. The predicted molar refractivity (Wildman–Crippen MR) is 158 cm³/mol. The number of halogens is 6. The molecule has 3 aliphatic heterocycles. The molecule has 3 fully saturated rings. The van der Waals surface area contributed by atoms with Gasteiger partial charge in [-0.15, -0.1) is 0 Å². The second-order valence-electron chi connectivity index (χ2n) is 12.3. The average molecular weight is 652 g/mol. The molecule has 3 atom stereocenters. The first-order valence-corrected chi connectivity index (χ1v) is 15.0. The Morgan fingerprint density at radius 3 is 2.62 bits per heavy atom. The molecule has 2 N–H and O–H groups in total. The van der Waals surface area contributed by atoms with Gasteiger partial charge in [0.2, 0.25) is 0 Å². The molecule has 3 aliphatic rings. The van der Waals surface area contributed by atoms with Gasteiger partial charge in [0.05, 0.1) is 27.1 Å². The number of hydrogen-bond acceptors (Lipinski definition) is 8. The van der Waals surface area contributed by atoms with Crippen LogP contribution in [-0.4, -0.2) is 80.2 Å². The fraction of sp³-hybridized carbons (Fsp3) is 0.516. The number of piperidine rings is 1. The lowest BCUT2D eigenvalue weighted by molar-refractivity contribution is -0.137. The Morgan fingerprint density at radius 2 is 1.91 bits per heavy atom. The lowest BCUT2D eigenvalue weighted by atomic mass is 9.94. The summed E-state index contributed by atoms with van der Waals surface area (Å²) >= 11 is 5.91. The number of rotatable bonds is 5. The third-order valence-electron chi connectivity index (χ3n) is 8.81. The van der Waals surface area contributed by atoms with E-state index in [0.29, 0.717) is 38.4 Å². The summed E-state index contributed by atoms with van der Waals surface area (Å²) in [4.78, 5) is 16.9. The molecule has 2 aromatic heterocycles. The summed E-state index contributed by atoms with van der Waals surface area (Å²) in [5, 5.41) is 20.2. The van der Waals surface area contributed by atoms with E-state index in [0.717, 1.165) is 12.5 Å². The summed E-state index contributed by atoms with van der Waals surface area (Å²) in [6.45, 7) is 4.71. The maximum Gasteiger partial charge on any atom is 0.418 e. The van der Waals surface area contributed by atoms with E-state index in [4.69, 9.17) is 16.3 Å². The lowest BCUT2D eigenvalue weighted by Gasteiger charge is -2.38. The molecule has 0 radical (unpaired) electrons. The fourth-order valence-electron chi connectivity index (χ4n) is 6.93. The van der Waals surface area contributed by atoms with Crippen LogP contribution >= 0.6 is 11.6 Å². The Hall–Kier alpha value is -3.47. The largest absolute Gasteiger partial charge is 0.508 e. The number of ether oxygens (including phenoxy) is 1. The second kappa shape index (κ2) is 11.4. The molecule has 14 heteroatoms. The van der Waals surface area contributed by atoms with Crippen LogP contribution in [-0.2, 0) is 6.18 Å². The zero-order valence-electron chi connectivity index (χ0n) is 24.6. The molecule has 0 saturated carbocycles. The first-order chi connectivity index (χ1) is 21.2. The molecule has 3 aromatic rings. The van der Waals surface area contributed by atoms with E-state index in [1.54, 1.807) is 11.8 Å². The van der Waals surface area contributed by atoms with E-state index in [2.05, 4.69) is 26.8 Å². The third-order valence-corrected chi connectivity index (χ3v) is 9.11. The van der Waals surface area contributed by atoms with Crippen molar-refractivity contribution in [1.29, 1.82) is 0 Å². The molecule has 0 bridgehead atoms. The van der Waals surface area contributed by atoms with Gasteiger partial charge in [0.15, 0.2) is 5.82 Å². The molecule has 0 unspecified atom stereocenters. The van der Waals surface area contributed by atoms with Crippen molar-refractivity contribution in [2.24, 2.45) is 0 Å². The van der Waals surface area contributed by atoms with E-state index in [-0.39, 0.29) is 49.0 Å². The average Bonchev–Trinajstić information content (AvgIpc) is 3.47. The summed E-state index contributed by atoms with van der Waals surface area (Å²) in [7, 11) is 0. The van der Waals surface area contributed by atoms with Gasteiger partial charge in [0.25, 0.3) is 0 Å². The second-order valence-corrected chi connectivity index (χ2v) is 12.7.